The number of rotatable bonds is 9. The molecule has 7 nitrogen and oxygen atoms in total. The van der Waals surface area contributed by atoms with Crippen molar-refractivity contribution in [2.45, 2.75) is 43.7 Å². The van der Waals surface area contributed by atoms with Crippen LogP contribution in [0.15, 0.2) is 66.7 Å². The number of hydrogen-bond donors (Lipinski definition) is 3. The number of carbonyl (C=O) groups is 1. The van der Waals surface area contributed by atoms with Crippen LogP contribution in [0.2, 0.25) is 0 Å². The molecule has 3 aromatic rings. The number of aliphatic hydroxyl groups is 1. The van der Waals surface area contributed by atoms with Gasteiger partial charge in [0.1, 0.15) is 17.4 Å². The Morgan fingerprint density at radius 3 is 2.45 bits per heavy atom. The second kappa shape index (κ2) is 12.0. The average Bonchev–Trinajstić information content (AvgIpc) is 2.86. The molecule has 0 unspecified atom stereocenters. The average molecular weight is 545 g/mol. The topological polar surface area (TPSA) is 105 Å². The first kappa shape index (κ1) is 27.7. The minimum absolute atomic E-state index is 0.0479. The van der Waals surface area contributed by atoms with Crippen molar-refractivity contribution in [3.63, 3.8) is 0 Å². The fraction of sp³-hybridized carbons (Fsp3) is 0.321. The first-order chi connectivity index (χ1) is 18.1. The molecule has 3 N–H and O–H groups in total. The van der Waals surface area contributed by atoms with Crippen LogP contribution < -0.4 is 15.4 Å². The zero-order valence-corrected chi connectivity index (χ0v) is 21.7. The molecular weight excluding hydrogens is 514 g/mol. The number of aliphatic hydroxyl groups excluding tert-OH is 1. The summed E-state index contributed by atoms with van der Waals surface area (Å²) in [5.41, 5.74) is 2.85. The van der Waals surface area contributed by atoms with Gasteiger partial charge in [-0.3, -0.25) is 0 Å². The van der Waals surface area contributed by atoms with Gasteiger partial charge in [-0.15, -0.1) is 0 Å². The summed E-state index contributed by atoms with van der Waals surface area (Å²) in [6, 6.07) is 15.4. The number of amides is 1. The molecule has 4 rings (SSSR count). The van der Waals surface area contributed by atoms with Crippen molar-refractivity contribution in [1.29, 1.82) is 0 Å². The number of sulfone groups is 1. The van der Waals surface area contributed by atoms with E-state index in [1.165, 1.54) is 0 Å². The van der Waals surface area contributed by atoms with Crippen molar-refractivity contribution in [2.24, 2.45) is 0 Å². The quantitative estimate of drug-likeness (QED) is 0.378. The molecule has 1 heterocycles. The van der Waals surface area contributed by atoms with E-state index in [9.17, 15) is 27.1 Å². The molecule has 0 bridgehead atoms. The number of halogens is 2. The van der Waals surface area contributed by atoms with E-state index in [1.54, 1.807) is 30.3 Å². The van der Waals surface area contributed by atoms with Crippen LogP contribution in [0, 0.1) is 11.6 Å². The second-order valence-corrected chi connectivity index (χ2v) is 11.5. The second-order valence-electron chi connectivity index (χ2n) is 9.40. The number of para-hydroxylation sites is 1. The Kier molecular flexibility index (Phi) is 8.76. The largest absolute Gasteiger partial charge is 0.412 e. The Bertz CT molecular complexity index is 1360. The van der Waals surface area contributed by atoms with Gasteiger partial charge < -0.3 is 20.5 Å². The van der Waals surface area contributed by atoms with Crippen molar-refractivity contribution in [2.75, 3.05) is 12.3 Å². The van der Waals surface area contributed by atoms with E-state index < -0.39 is 45.8 Å². The van der Waals surface area contributed by atoms with Crippen LogP contribution in [-0.2, 0) is 28.4 Å². The minimum Gasteiger partial charge on any atom is -0.410 e. The van der Waals surface area contributed by atoms with Gasteiger partial charge in [0, 0.05) is 18.7 Å². The maximum atomic E-state index is 13.8. The summed E-state index contributed by atoms with van der Waals surface area (Å²) >= 11 is 0. The number of hydrogen-bond acceptors (Lipinski definition) is 6. The van der Waals surface area contributed by atoms with Crippen molar-refractivity contribution < 1.29 is 31.8 Å². The summed E-state index contributed by atoms with van der Waals surface area (Å²) in [4.78, 5) is 12.6. The molecule has 0 aromatic heterocycles. The number of benzene rings is 3. The molecule has 1 amide bonds. The van der Waals surface area contributed by atoms with Gasteiger partial charge in [-0.2, -0.15) is 0 Å². The SMILES string of the molecule is CCc1ccc2c(c1)[C@@H](NC[C@@H](O)[C@H](Cc1cc(F)cc(F)c1)NC(=O)Oc1ccccc1)CS(=O)(=O)C2. The lowest BCUT2D eigenvalue weighted by molar-refractivity contribution is 0.117. The number of carbonyl (C=O) groups excluding carboxylic acids is 1. The van der Waals surface area contributed by atoms with E-state index in [1.807, 2.05) is 25.1 Å². The summed E-state index contributed by atoms with van der Waals surface area (Å²) in [6.07, 6.45) is -1.40. The third kappa shape index (κ3) is 7.37. The van der Waals surface area contributed by atoms with Gasteiger partial charge >= 0.3 is 6.09 Å². The zero-order chi connectivity index (χ0) is 27.3. The van der Waals surface area contributed by atoms with Crippen molar-refractivity contribution in [3.05, 3.63) is 101 Å². The molecule has 3 atom stereocenters. The van der Waals surface area contributed by atoms with Crippen LogP contribution >= 0.6 is 0 Å². The summed E-state index contributed by atoms with van der Waals surface area (Å²) in [6.45, 7) is 1.91. The smallest absolute Gasteiger partial charge is 0.410 e. The van der Waals surface area contributed by atoms with Gasteiger partial charge in [-0.1, -0.05) is 43.3 Å². The van der Waals surface area contributed by atoms with Gasteiger partial charge in [0.25, 0.3) is 0 Å². The van der Waals surface area contributed by atoms with Gasteiger partial charge in [0.05, 0.1) is 23.7 Å². The highest BCUT2D eigenvalue weighted by molar-refractivity contribution is 7.90. The summed E-state index contributed by atoms with van der Waals surface area (Å²) in [7, 11) is -3.36. The molecule has 1 aliphatic rings. The van der Waals surface area contributed by atoms with Crippen LogP contribution in [0.5, 0.6) is 5.75 Å². The zero-order valence-electron chi connectivity index (χ0n) is 20.9. The monoisotopic (exact) mass is 544 g/mol. The molecule has 1 aliphatic heterocycles. The highest BCUT2D eigenvalue weighted by Gasteiger charge is 2.31. The number of ether oxygens (including phenoxy) is 1. The van der Waals surface area contributed by atoms with Crippen LogP contribution in [0.1, 0.15) is 35.2 Å². The molecular formula is C28H30F2N2O5S. The lowest BCUT2D eigenvalue weighted by atomic mass is 9.97. The first-order valence-corrected chi connectivity index (χ1v) is 14.2. The summed E-state index contributed by atoms with van der Waals surface area (Å²) in [5, 5.41) is 16.8. The first-order valence-electron chi connectivity index (χ1n) is 12.3. The molecule has 0 saturated carbocycles. The molecule has 0 fully saturated rings. The van der Waals surface area contributed by atoms with Gasteiger partial charge in [0.2, 0.25) is 0 Å². The Labute approximate surface area is 220 Å². The maximum Gasteiger partial charge on any atom is 0.412 e. The van der Waals surface area contributed by atoms with Crippen molar-refractivity contribution in [1.82, 2.24) is 10.6 Å². The Hall–Kier alpha value is -3.34. The van der Waals surface area contributed by atoms with E-state index >= 15 is 0 Å². The number of aryl methyl sites for hydroxylation is 1. The van der Waals surface area contributed by atoms with E-state index in [-0.39, 0.29) is 35.8 Å². The molecule has 3 aromatic carbocycles. The third-order valence-electron chi connectivity index (χ3n) is 6.46. The lowest BCUT2D eigenvalue weighted by Crippen LogP contribution is -2.50. The number of fused-ring (bicyclic) bond motifs is 1. The standard InChI is InChI=1S/C28H30F2N2O5S/c1-2-18-8-9-20-16-38(35,36)17-26(24(20)12-18)31-15-27(33)25(13-19-10-21(29)14-22(30)11-19)32-28(34)37-23-6-4-3-5-7-23/h3-12,14,25-27,31,33H,2,13,15-17H2,1H3,(H,32,34)/t25-,26-,27+/m0/s1. The van der Waals surface area contributed by atoms with Gasteiger partial charge in [-0.05, 0) is 59.4 Å². The van der Waals surface area contributed by atoms with Crippen LogP contribution in [-0.4, -0.2) is 44.1 Å². The molecule has 38 heavy (non-hydrogen) atoms. The summed E-state index contributed by atoms with van der Waals surface area (Å²) < 4.78 is 58.0. The van der Waals surface area contributed by atoms with E-state index in [0.29, 0.717) is 5.56 Å². The molecule has 0 saturated heterocycles. The van der Waals surface area contributed by atoms with Crippen molar-refractivity contribution in [3.8, 4) is 5.75 Å². The molecule has 0 spiro atoms. The Balaban J connectivity index is 1.51. The highest BCUT2D eigenvalue weighted by atomic mass is 32.2. The lowest BCUT2D eigenvalue weighted by Gasteiger charge is -2.30. The van der Waals surface area contributed by atoms with E-state index in [2.05, 4.69) is 10.6 Å². The fourth-order valence-electron chi connectivity index (χ4n) is 4.58. The molecule has 0 aliphatic carbocycles. The Morgan fingerprint density at radius 2 is 1.76 bits per heavy atom. The predicted octanol–water partition coefficient (Wildman–Crippen LogP) is 3.85. The van der Waals surface area contributed by atoms with Crippen LogP contribution in [0.25, 0.3) is 0 Å². The van der Waals surface area contributed by atoms with Crippen molar-refractivity contribution >= 4 is 15.9 Å². The van der Waals surface area contributed by atoms with Crippen LogP contribution in [0.4, 0.5) is 13.6 Å². The van der Waals surface area contributed by atoms with Crippen LogP contribution in [0.3, 0.4) is 0 Å². The van der Waals surface area contributed by atoms with E-state index in [0.717, 1.165) is 35.7 Å². The highest BCUT2D eigenvalue weighted by Crippen LogP contribution is 2.29. The fourth-order valence-corrected chi connectivity index (χ4v) is 6.24. The third-order valence-corrected chi connectivity index (χ3v) is 8.05. The normalized spacial score (nSPS) is 17.7. The molecule has 10 heteroatoms. The summed E-state index contributed by atoms with van der Waals surface area (Å²) in [5.74, 6) is -1.47. The Morgan fingerprint density at radius 1 is 1.05 bits per heavy atom. The minimum atomic E-state index is -3.36. The predicted molar refractivity (Wildman–Crippen MR) is 140 cm³/mol. The molecule has 202 valence electrons. The molecule has 0 radical (unpaired) electrons. The number of nitrogens with one attached hydrogen (secondary N) is 2. The van der Waals surface area contributed by atoms with E-state index in [4.69, 9.17) is 4.74 Å². The van der Waals surface area contributed by atoms with Gasteiger partial charge in [0.15, 0.2) is 9.84 Å². The van der Waals surface area contributed by atoms with Gasteiger partial charge in [-0.25, -0.2) is 22.0 Å². The maximum absolute atomic E-state index is 13.8.